The second-order valence-electron chi connectivity index (χ2n) is 3.30. The number of hydrogen-bond acceptors (Lipinski definition) is 3. The van der Waals surface area contributed by atoms with Crippen molar-refractivity contribution in [3.8, 4) is 0 Å². The molecule has 15 heavy (non-hydrogen) atoms. The Kier molecular flexibility index (Phi) is 4.54. The van der Waals surface area contributed by atoms with Gasteiger partial charge in [0.15, 0.2) is 5.78 Å². The quantitative estimate of drug-likeness (QED) is 0.689. The molecule has 3 nitrogen and oxygen atoms in total. The van der Waals surface area contributed by atoms with E-state index in [1.807, 2.05) is 30.3 Å². The normalized spacial score (nSPS) is 9.67. The number of Topliss-reactive ketones (excluding diaryl/α,β-unsaturated/α-hetero) is 1. The van der Waals surface area contributed by atoms with Crippen LogP contribution in [-0.4, -0.2) is 18.4 Å². The second-order valence-corrected chi connectivity index (χ2v) is 3.30. The maximum Gasteiger partial charge on any atom is 0.303 e. The van der Waals surface area contributed by atoms with Gasteiger partial charge in [0.25, 0.3) is 0 Å². The largest absolute Gasteiger partial charge is 0.458 e. The molecular weight excluding hydrogens is 192 g/mol. The SMILES string of the molecule is CC(=O)OCC(=O)CCc1ccccc1. The van der Waals surface area contributed by atoms with Gasteiger partial charge in [-0.1, -0.05) is 30.3 Å². The van der Waals surface area contributed by atoms with E-state index >= 15 is 0 Å². The Morgan fingerprint density at radius 3 is 2.47 bits per heavy atom. The van der Waals surface area contributed by atoms with Gasteiger partial charge in [0.05, 0.1) is 0 Å². The Morgan fingerprint density at radius 2 is 1.87 bits per heavy atom. The zero-order valence-electron chi connectivity index (χ0n) is 8.73. The van der Waals surface area contributed by atoms with Gasteiger partial charge in [-0.3, -0.25) is 9.59 Å². The second kappa shape index (κ2) is 5.96. The summed E-state index contributed by atoms with van der Waals surface area (Å²) in [6.45, 7) is 1.19. The van der Waals surface area contributed by atoms with Crippen LogP contribution in [0, 0.1) is 0 Å². The van der Waals surface area contributed by atoms with Crippen LogP contribution in [0.25, 0.3) is 0 Å². The van der Waals surface area contributed by atoms with Crippen molar-refractivity contribution in [2.75, 3.05) is 6.61 Å². The molecular formula is C12H14O3. The van der Waals surface area contributed by atoms with Crippen LogP contribution in [0.4, 0.5) is 0 Å². The van der Waals surface area contributed by atoms with Crippen LogP contribution in [0.3, 0.4) is 0 Å². The summed E-state index contributed by atoms with van der Waals surface area (Å²) in [5, 5.41) is 0. The molecule has 0 spiro atoms. The molecule has 1 rings (SSSR count). The fourth-order valence-electron chi connectivity index (χ4n) is 1.18. The molecule has 0 aromatic heterocycles. The summed E-state index contributed by atoms with van der Waals surface area (Å²) in [4.78, 5) is 21.7. The predicted octanol–water partition coefficient (Wildman–Crippen LogP) is 1.75. The number of hydrogen-bond donors (Lipinski definition) is 0. The first kappa shape index (κ1) is 11.4. The number of carbonyl (C=O) groups excluding carboxylic acids is 2. The summed E-state index contributed by atoms with van der Waals surface area (Å²) < 4.78 is 4.60. The first-order valence-electron chi connectivity index (χ1n) is 4.87. The van der Waals surface area contributed by atoms with E-state index in [2.05, 4.69) is 4.74 Å². The standard InChI is InChI=1S/C12H14O3/c1-10(13)15-9-12(14)8-7-11-5-3-2-4-6-11/h2-6H,7-9H2,1H3. The number of ether oxygens (including phenoxy) is 1. The van der Waals surface area contributed by atoms with Crippen molar-refractivity contribution < 1.29 is 14.3 Å². The lowest BCUT2D eigenvalue weighted by Crippen LogP contribution is -2.12. The van der Waals surface area contributed by atoms with Gasteiger partial charge in [0.2, 0.25) is 0 Å². The number of benzene rings is 1. The van der Waals surface area contributed by atoms with Crippen molar-refractivity contribution in [1.82, 2.24) is 0 Å². The van der Waals surface area contributed by atoms with Crippen LogP contribution in [0.1, 0.15) is 18.9 Å². The van der Waals surface area contributed by atoms with Gasteiger partial charge in [-0.25, -0.2) is 0 Å². The van der Waals surface area contributed by atoms with Crippen molar-refractivity contribution in [2.24, 2.45) is 0 Å². The highest BCUT2D eigenvalue weighted by Gasteiger charge is 2.04. The van der Waals surface area contributed by atoms with Crippen molar-refractivity contribution in [3.05, 3.63) is 35.9 Å². The molecule has 0 aliphatic rings. The molecule has 0 heterocycles. The van der Waals surface area contributed by atoms with Gasteiger partial charge in [-0.05, 0) is 12.0 Å². The number of carbonyl (C=O) groups is 2. The van der Waals surface area contributed by atoms with Crippen molar-refractivity contribution >= 4 is 11.8 Å². The van der Waals surface area contributed by atoms with Crippen LogP contribution < -0.4 is 0 Å². The molecule has 0 saturated heterocycles. The molecule has 1 aromatic carbocycles. The third-order valence-electron chi connectivity index (χ3n) is 1.97. The van der Waals surface area contributed by atoms with Gasteiger partial charge in [-0.15, -0.1) is 0 Å². The Morgan fingerprint density at radius 1 is 1.20 bits per heavy atom. The first-order chi connectivity index (χ1) is 7.18. The molecule has 0 radical (unpaired) electrons. The Hall–Kier alpha value is -1.64. The van der Waals surface area contributed by atoms with E-state index in [4.69, 9.17) is 0 Å². The summed E-state index contributed by atoms with van der Waals surface area (Å²) in [6, 6.07) is 9.75. The van der Waals surface area contributed by atoms with Gasteiger partial charge < -0.3 is 4.74 Å². The number of ketones is 1. The molecule has 1 aromatic rings. The molecule has 3 heteroatoms. The lowest BCUT2D eigenvalue weighted by Gasteiger charge is -2.01. The number of aryl methyl sites for hydroxylation is 1. The monoisotopic (exact) mass is 206 g/mol. The van der Waals surface area contributed by atoms with E-state index in [-0.39, 0.29) is 12.4 Å². The Labute approximate surface area is 89.1 Å². The third kappa shape index (κ3) is 4.96. The fourth-order valence-corrected chi connectivity index (χ4v) is 1.18. The van der Waals surface area contributed by atoms with Gasteiger partial charge in [0, 0.05) is 13.3 Å². The minimum atomic E-state index is -0.414. The summed E-state index contributed by atoms with van der Waals surface area (Å²) in [7, 11) is 0. The molecule has 0 amide bonds. The Balaban J connectivity index is 2.26. The number of esters is 1. The molecule has 0 unspecified atom stereocenters. The molecule has 0 atom stereocenters. The topological polar surface area (TPSA) is 43.4 Å². The van der Waals surface area contributed by atoms with Crippen molar-refractivity contribution in [3.63, 3.8) is 0 Å². The van der Waals surface area contributed by atoms with Crippen LogP contribution >= 0.6 is 0 Å². The lowest BCUT2D eigenvalue weighted by molar-refractivity contribution is -0.145. The van der Waals surface area contributed by atoms with Crippen molar-refractivity contribution in [2.45, 2.75) is 19.8 Å². The third-order valence-corrected chi connectivity index (χ3v) is 1.97. The molecule has 0 fully saturated rings. The Bertz CT molecular complexity index is 330. The molecule has 0 aliphatic carbocycles. The zero-order valence-corrected chi connectivity index (χ0v) is 8.73. The first-order valence-corrected chi connectivity index (χ1v) is 4.87. The summed E-state index contributed by atoms with van der Waals surface area (Å²) in [5.41, 5.74) is 1.12. The maximum atomic E-state index is 11.2. The van der Waals surface area contributed by atoms with Gasteiger partial charge >= 0.3 is 5.97 Å². The molecule has 0 N–H and O–H groups in total. The number of rotatable bonds is 5. The van der Waals surface area contributed by atoms with Crippen molar-refractivity contribution in [1.29, 1.82) is 0 Å². The minimum absolute atomic E-state index is 0.0472. The van der Waals surface area contributed by atoms with E-state index in [1.165, 1.54) is 6.92 Å². The van der Waals surface area contributed by atoms with E-state index in [9.17, 15) is 9.59 Å². The predicted molar refractivity (Wildman–Crippen MR) is 56.4 cm³/mol. The van der Waals surface area contributed by atoms with E-state index < -0.39 is 5.97 Å². The van der Waals surface area contributed by atoms with Gasteiger partial charge in [0.1, 0.15) is 6.61 Å². The molecule has 0 aliphatic heterocycles. The minimum Gasteiger partial charge on any atom is -0.458 e. The fraction of sp³-hybridized carbons (Fsp3) is 0.333. The van der Waals surface area contributed by atoms with E-state index in [1.54, 1.807) is 0 Å². The summed E-state index contributed by atoms with van der Waals surface area (Å²) >= 11 is 0. The lowest BCUT2D eigenvalue weighted by atomic mass is 10.1. The van der Waals surface area contributed by atoms with Crippen LogP contribution in [-0.2, 0) is 20.7 Å². The van der Waals surface area contributed by atoms with Crippen LogP contribution in [0.15, 0.2) is 30.3 Å². The van der Waals surface area contributed by atoms with Crippen LogP contribution in [0.5, 0.6) is 0 Å². The molecule has 80 valence electrons. The average molecular weight is 206 g/mol. The average Bonchev–Trinajstić information content (AvgIpc) is 2.25. The van der Waals surface area contributed by atoms with E-state index in [0.29, 0.717) is 12.8 Å². The van der Waals surface area contributed by atoms with Gasteiger partial charge in [-0.2, -0.15) is 0 Å². The van der Waals surface area contributed by atoms with Crippen LogP contribution in [0.2, 0.25) is 0 Å². The molecule has 0 bridgehead atoms. The highest BCUT2D eigenvalue weighted by Crippen LogP contribution is 2.02. The summed E-state index contributed by atoms with van der Waals surface area (Å²) in [6.07, 6.45) is 1.11. The summed E-state index contributed by atoms with van der Waals surface area (Å²) in [5.74, 6) is -0.461. The smallest absolute Gasteiger partial charge is 0.303 e. The highest BCUT2D eigenvalue weighted by atomic mass is 16.5. The van der Waals surface area contributed by atoms with E-state index in [0.717, 1.165) is 5.56 Å². The highest BCUT2D eigenvalue weighted by molar-refractivity contribution is 5.82. The maximum absolute atomic E-state index is 11.2. The molecule has 0 saturated carbocycles. The zero-order chi connectivity index (χ0) is 11.1.